The number of furan rings is 1. The third-order valence-corrected chi connectivity index (χ3v) is 5.64. The molecule has 1 saturated carbocycles. The molecule has 0 bridgehead atoms. The van der Waals surface area contributed by atoms with E-state index in [0.717, 1.165) is 40.8 Å². The number of nitrogens with zero attached hydrogens (tertiary/aromatic N) is 1. The highest BCUT2D eigenvalue weighted by molar-refractivity contribution is 5.83. The number of nitrogens with one attached hydrogen (secondary N) is 1. The second kappa shape index (κ2) is 11.7. The van der Waals surface area contributed by atoms with Gasteiger partial charge in [-0.3, -0.25) is 4.79 Å². The van der Waals surface area contributed by atoms with Crippen molar-refractivity contribution in [2.75, 3.05) is 18.5 Å². The molecule has 2 heterocycles. The number of hydrogen-bond acceptors (Lipinski definition) is 6. The van der Waals surface area contributed by atoms with Gasteiger partial charge in [0, 0.05) is 23.6 Å². The molecule has 1 aromatic carbocycles. The van der Waals surface area contributed by atoms with Crippen LogP contribution >= 0.6 is 0 Å². The van der Waals surface area contributed by atoms with Crippen LogP contribution in [0, 0.1) is 18.8 Å². The highest BCUT2D eigenvalue weighted by Gasteiger charge is 2.25. The van der Waals surface area contributed by atoms with Crippen molar-refractivity contribution in [1.82, 2.24) is 4.98 Å². The van der Waals surface area contributed by atoms with E-state index in [0.29, 0.717) is 18.9 Å². The zero-order valence-electron chi connectivity index (χ0n) is 20.4. The SMILES string of the molecule is CCOC(=O)CC.Cc1c(C(Nc2ccccn2)C(C)C)oc2ccc(OCC3CC3)cc12. The zero-order valence-corrected chi connectivity index (χ0v) is 20.4. The molecule has 0 spiro atoms. The first-order chi connectivity index (χ1) is 15.9. The van der Waals surface area contributed by atoms with Crippen LogP contribution in [-0.2, 0) is 9.53 Å². The van der Waals surface area contributed by atoms with Gasteiger partial charge in [-0.05, 0) is 68.9 Å². The fourth-order valence-electron chi connectivity index (χ4n) is 3.51. The molecule has 1 aliphatic carbocycles. The van der Waals surface area contributed by atoms with Gasteiger partial charge in [-0.2, -0.15) is 0 Å². The first-order valence-corrected chi connectivity index (χ1v) is 11.9. The minimum atomic E-state index is -0.123. The normalized spacial score (nSPS) is 13.9. The Morgan fingerprint density at radius 3 is 2.58 bits per heavy atom. The maximum absolute atomic E-state index is 10.2. The summed E-state index contributed by atoms with van der Waals surface area (Å²) in [5.41, 5.74) is 2.07. The van der Waals surface area contributed by atoms with Gasteiger partial charge in [-0.25, -0.2) is 4.98 Å². The van der Waals surface area contributed by atoms with Gasteiger partial charge in [0.05, 0.1) is 19.3 Å². The summed E-state index contributed by atoms with van der Waals surface area (Å²) in [5.74, 6) is 3.75. The van der Waals surface area contributed by atoms with E-state index in [1.54, 1.807) is 20.0 Å². The molecule has 6 nitrogen and oxygen atoms in total. The molecule has 0 saturated heterocycles. The number of rotatable bonds is 9. The van der Waals surface area contributed by atoms with Gasteiger partial charge in [-0.1, -0.05) is 26.8 Å². The van der Waals surface area contributed by atoms with Crippen LogP contribution < -0.4 is 10.1 Å². The number of aromatic nitrogens is 1. The molecule has 1 unspecified atom stereocenters. The minimum absolute atomic E-state index is 0.0631. The molecule has 1 N–H and O–H groups in total. The van der Waals surface area contributed by atoms with E-state index in [1.165, 1.54) is 18.4 Å². The summed E-state index contributed by atoms with van der Waals surface area (Å²) in [6.45, 7) is 11.4. The second-order valence-corrected chi connectivity index (χ2v) is 8.74. The first-order valence-electron chi connectivity index (χ1n) is 11.9. The molecule has 33 heavy (non-hydrogen) atoms. The van der Waals surface area contributed by atoms with Crippen molar-refractivity contribution in [1.29, 1.82) is 0 Å². The Balaban J connectivity index is 0.000000383. The Morgan fingerprint density at radius 1 is 1.21 bits per heavy atom. The molecule has 1 aliphatic rings. The van der Waals surface area contributed by atoms with Crippen molar-refractivity contribution < 1.29 is 18.7 Å². The Kier molecular flexibility index (Phi) is 8.75. The van der Waals surface area contributed by atoms with Crippen LogP contribution in [0.2, 0.25) is 0 Å². The highest BCUT2D eigenvalue weighted by Crippen LogP contribution is 2.36. The second-order valence-electron chi connectivity index (χ2n) is 8.74. The number of esters is 1. The third-order valence-electron chi connectivity index (χ3n) is 5.64. The van der Waals surface area contributed by atoms with Crippen LogP contribution in [0.25, 0.3) is 11.0 Å². The lowest BCUT2D eigenvalue weighted by Crippen LogP contribution is -2.17. The smallest absolute Gasteiger partial charge is 0.305 e. The van der Waals surface area contributed by atoms with E-state index in [-0.39, 0.29) is 12.0 Å². The standard InChI is InChI=1S/C22H26N2O2.C5H10O2/c1-14(2)21(24-20-6-4-5-11-23-20)22-15(3)18-12-17(9-10-19(18)26-22)25-13-16-7-8-16;1-3-5(6)7-4-2/h4-6,9-12,14,16,21H,7-8,13H2,1-3H3,(H,23,24);3-4H2,1-2H3. The van der Waals surface area contributed by atoms with Gasteiger partial charge >= 0.3 is 5.97 Å². The molecular formula is C27H36N2O4. The summed E-state index contributed by atoms with van der Waals surface area (Å²) in [5, 5.41) is 4.65. The molecule has 6 heteroatoms. The molecule has 178 valence electrons. The molecule has 4 rings (SSSR count). The Hall–Kier alpha value is -3.02. The monoisotopic (exact) mass is 452 g/mol. The number of ether oxygens (including phenoxy) is 2. The van der Waals surface area contributed by atoms with Gasteiger partial charge < -0.3 is 19.2 Å². The molecule has 1 atom stereocenters. The van der Waals surface area contributed by atoms with E-state index in [9.17, 15) is 4.79 Å². The van der Waals surface area contributed by atoms with Crippen molar-refractivity contribution in [3.8, 4) is 5.75 Å². The number of benzene rings is 1. The highest BCUT2D eigenvalue weighted by atomic mass is 16.5. The number of aryl methyl sites for hydroxylation is 1. The van der Waals surface area contributed by atoms with Crippen molar-refractivity contribution in [3.63, 3.8) is 0 Å². The lowest BCUT2D eigenvalue weighted by molar-refractivity contribution is -0.142. The zero-order chi connectivity index (χ0) is 23.8. The van der Waals surface area contributed by atoms with Gasteiger partial charge in [0.2, 0.25) is 0 Å². The number of anilines is 1. The average Bonchev–Trinajstić information content (AvgIpc) is 3.60. The van der Waals surface area contributed by atoms with Gasteiger partial charge in [0.15, 0.2) is 0 Å². The van der Waals surface area contributed by atoms with Gasteiger partial charge in [0.25, 0.3) is 0 Å². The van der Waals surface area contributed by atoms with Crippen molar-refractivity contribution >= 4 is 22.8 Å². The fraction of sp³-hybridized carbons (Fsp3) is 0.481. The van der Waals surface area contributed by atoms with E-state index >= 15 is 0 Å². The molecular weight excluding hydrogens is 416 g/mol. The van der Waals surface area contributed by atoms with Crippen LogP contribution in [0.1, 0.15) is 64.3 Å². The third kappa shape index (κ3) is 6.98. The molecule has 2 aromatic heterocycles. The van der Waals surface area contributed by atoms with Crippen LogP contribution in [0.5, 0.6) is 5.75 Å². The van der Waals surface area contributed by atoms with Gasteiger partial charge in [-0.15, -0.1) is 0 Å². The average molecular weight is 453 g/mol. The predicted octanol–water partition coefficient (Wildman–Crippen LogP) is 6.69. The Labute approximate surface area is 196 Å². The minimum Gasteiger partial charge on any atom is -0.493 e. The summed E-state index contributed by atoms with van der Waals surface area (Å²) in [7, 11) is 0. The van der Waals surface area contributed by atoms with E-state index in [1.807, 2.05) is 30.3 Å². The van der Waals surface area contributed by atoms with E-state index in [4.69, 9.17) is 9.15 Å². The molecule has 0 aliphatic heterocycles. The fourth-order valence-corrected chi connectivity index (χ4v) is 3.51. The summed E-state index contributed by atoms with van der Waals surface area (Å²) >= 11 is 0. The van der Waals surface area contributed by atoms with Crippen LogP contribution in [0.3, 0.4) is 0 Å². The Bertz CT molecular complexity index is 1030. The predicted molar refractivity (Wildman–Crippen MR) is 132 cm³/mol. The topological polar surface area (TPSA) is 73.6 Å². The summed E-state index contributed by atoms with van der Waals surface area (Å²) in [4.78, 5) is 14.6. The summed E-state index contributed by atoms with van der Waals surface area (Å²) in [6.07, 6.45) is 4.88. The quantitative estimate of drug-likeness (QED) is 0.364. The van der Waals surface area contributed by atoms with Crippen LogP contribution in [0.15, 0.2) is 47.0 Å². The van der Waals surface area contributed by atoms with Crippen molar-refractivity contribution in [3.05, 3.63) is 53.9 Å². The Morgan fingerprint density at radius 2 is 2.00 bits per heavy atom. The summed E-state index contributed by atoms with van der Waals surface area (Å²) in [6, 6.07) is 12.1. The number of hydrogen-bond donors (Lipinski definition) is 1. The largest absolute Gasteiger partial charge is 0.493 e. The van der Waals surface area contributed by atoms with Crippen LogP contribution in [-0.4, -0.2) is 24.2 Å². The molecule has 0 amide bonds. The summed E-state index contributed by atoms with van der Waals surface area (Å²) < 4.78 is 16.7. The molecule has 1 fully saturated rings. The lowest BCUT2D eigenvalue weighted by Gasteiger charge is -2.21. The maximum Gasteiger partial charge on any atom is 0.305 e. The number of carbonyl (C=O) groups is 1. The molecule has 0 radical (unpaired) electrons. The number of carbonyl (C=O) groups excluding carboxylic acids is 1. The van der Waals surface area contributed by atoms with Crippen molar-refractivity contribution in [2.24, 2.45) is 11.8 Å². The number of fused-ring (bicyclic) bond motifs is 1. The van der Waals surface area contributed by atoms with E-state index in [2.05, 4.69) is 41.9 Å². The first kappa shape index (κ1) is 24.6. The van der Waals surface area contributed by atoms with Crippen LogP contribution in [0.4, 0.5) is 5.82 Å². The van der Waals surface area contributed by atoms with Crippen molar-refractivity contribution in [2.45, 2.75) is 59.9 Å². The van der Waals surface area contributed by atoms with E-state index < -0.39 is 0 Å². The number of pyridine rings is 1. The lowest BCUT2D eigenvalue weighted by atomic mass is 9.98. The molecule has 3 aromatic rings. The maximum atomic E-state index is 10.2. The van der Waals surface area contributed by atoms with Gasteiger partial charge in [0.1, 0.15) is 22.9 Å².